The van der Waals surface area contributed by atoms with Crippen molar-refractivity contribution in [2.75, 3.05) is 0 Å². The van der Waals surface area contributed by atoms with Crippen molar-refractivity contribution in [3.8, 4) is 0 Å². The second kappa shape index (κ2) is 3.36. The van der Waals surface area contributed by atoms with E-state index >= 15 is 0 Å². The molecule has 1 aliphatic carbocycles. The zero-order chi connectivity index (χ0) is 9.95. The van der Waals surface area contributed by atoms with Crippen LogP contribution in [0.2, 0.25) is 0 Å². The molecule has 13 heavy (non-hydrogen) atoms. The van der Waals surface area contributed by atoms with Gasteiger partial charge in [-0.25, -0.2) is 4.39 Å². The van der Waals surface area contributed by atoms with Gasteiger partial charge >= 0.3 is 6.18 Å². The van der Waals surface area contributed by atoms with Crippen LogP contribution in [0.15, 0.2) is 36.7 Å². The Labute approximate surface area is 73.2 Å². The van der Waals surface area contributed by atoms with E-state index < -0.39 is 11.6 Å². The Hall–Kier alpha value is -1.06. The maximum absolute atomic E-state index is 12.5. The smallest absolute Gasteiger partial charge is 0.216 e. The monoisotopic (exact) mass is 192 g/mol. The molecule has 0 saturated heterocycles. The molecule has 0 saturated carbocycles. The molecule has 0 amide bonds. The highest BCUT2D eigenvalue weighted by atomic mass is 19.4. The Kier molecular flexibility index (Phi) is 2.59. The summed E-state index contributed by atoms with van der Waals surface area (Å²) in [6.45, 7) is 0. The van der Waals surface area contributed by atoms with Crippen LogP contribution >= 0.6 is 0 Å². The Morgan fingerprint density at radius 2 is 1.92 bits per heavy atom. The fraction of sp³-hybridized carbons (Fsp3) is 0.333. The molecule has 0 bridgehead atoms. The number of halogens is 4. The molecule has 1 atom stereocenters. The molecule has 0 radical (unpaired) electrons. The first-order valence-corrected chi connectivity index (χ1v) is 3.71. The zero-order valence-corrected chi connectivity index (χ0v) is 6.68. The van der Waals surface area contributed by atoms with Gasteiger partial charge in [-0.15, -0.1) is 0 Å². The molecule has 72 valence electrons. The summed E-state index contributed by atoms with van der Waals surface area (Å²) in [7, 11) is 0. The molecule has 0 fully saturated rings. The topological polar surface area (TPSA) is 0 Å². The van der Waals surface area contributed by atoms with Gasteiger partial charge < -0.3 is 0 Å². The third kappa shape index (κ3) is 1.82. The minimum absolute atomic E-state index is 0.0585. The fourth-order valence-electron chi connectivity index (χ4n) is 1.18. The lowest BCUT2D eigenvalue weighted by Gasteiger charge is -2.29. The highest BCUT2D eigenvalue weighted by molar-refractivity contribution is 5.24. The lowest BCUT2D eigenvalue weighted by Crippen LogP contribution is -2.34. The minimum atomic E-state index is -4.45. The van der Waals surface area contributed by atoms with Gasteiger partial charge in [0, 0.05) is 0 Å². The van der Waals surface area contributed by atoms with Crippen molar-refractivity contribution in [2.45, 2.75) is 12.6 Å². The maximum atomic E-state index is 12.5. The van der Waals surface area contributed by atoms with Crippen molar-refractivity contribution in [2.24, 2.45) is 5.41 Å². The molecule has 0 N–H and O–H groups in total. The molecule has 0 aromatic rings. The van der Waals surface area contributed by atoms with E-state index in [1.807, 2.05) is 0 Å². The quantitative estimate of drug-likeness (QED) is 0.557. The van der Waals surface area contributed by atoms with E-state index in [1.165, 1.54) is 18.2 Å². The van der Waals surface area contributed by atoms with E-state index in [9.17, 15) is 17.6 Å². The highest BCUT2D eigenvalue weighted by Gasteiger charge is 2.50. The van der Waals surface area contributed by atoms with Crippen LogP contribution < -0.4 is 0 Å². The van der Waals surface area contributed by atoms with Crippen molar-refractivity contribution < 1.29 is 17.6 Å². The van der Waals surface area contributed by atoms with E-state index in [4.69, 9.17) is 0 Å². The summed E-state index contributed by atoms with van der Waals surface area (Å²) in [6, 6.07) is 0. The third-order valence-electron chi connectivity index (χ3n) is 1.98. The summed E-state index contributed by atoms with van der Waals surface area (Å²) in [4.78, 5) is 0. The largest absolute Gasteiger partial charge is 0.401 e. The summed E-state index contributed by atoms with van der Waals surface area (Å²) in [5, 5.41) is 0. The van der Waals surface area contributed by atoms with Crippen molar-refractivity contribution in [1.82, 2.24) is 0 Å². The molecule has 1 aliphatic rings. The van der Waals surface area contributed by atoms with E-state index in [1.54, 1.807) is 0 Å². The van der Waals surface area contributed by atoms with Gasteiger partial charge in [-0.1, -0.05) is 24.3 Å². The average Bonchev–Trinajstić information content (AvgIpc) is 2.04. The van der Waals surface area contributed by atoms with Gasteiger partial charge in [-0.05, 0) is 12.5 Å². The van der Waals surface area contributed by atoms with Gasteiger partial charge in [0.2, 0.25) is 0 Å². The van der Waals surface area contributed by atoms with Gasteiger partial charge in [-0.2, -0.15) is 13.2 Å². The molecule has 1 rings (SSSR count). The first-order valence-electron chi connectivity index (χ1n) is 3.71. The summed E-state index contributed by atoms with van der Waals surface area (Å²) >= 11 is 0. The molecule has 0 nitrogen and oxygen atoms in total. The lowest BCUT2D eigenvalue weighted by atomic mass is 9.81. The Morgan fingerprint density at radius 3 is 2.31 bits per heavy atom. The summed E-state index contributed by atoms with van der Waals surface area (Å²) in [5.74, 6) is 0. The molecule has 0 spiro atoms. The molecule has 0 heterocycles. The van der Waals surface area contributed by atoms with Gasteiger partial charge in [-0.3, -0.25) is 0 Å². The Balaban J connectivity index is 3.02. The first-order chi connectivity index (χ1) is 6.02. The van der Waals surface area contributed by atoms with Crippen molar-refractivity contribution in [1.29, 1.82) is 0 Å². The second-order valence-electron chi connectivity index (χ2n) is 2.82. The number of hydrogen-bond donors (Lipinski definition) is 0. The lowest BCUT2D eigenvalue weighted by molar-refractivity contribution is -0.188. The van der Waals surface area contributed by atoms with Crippen molar-refractivity contribution in [3.63, 3.8) is 0 Å². The Bertz CT molecular complexity index is 259. The van der Waals surface area contributed by atoms with Crippen LogP contribution in [-0.2, 0) is 0 Å². The summed E-state index contributed by atoms with van der Waals surface area (Å²) in [5.41, 5.74) is -2.16. The second-order valence-corrected chi connectivity index (χ2v) is 2.82. The molecule has 1 unspecified atom stereocenters. The van der Waals surface area contributed by atoms with Crippen LogP contribution in [0.5, 0.6) is 0 Å². The van der Waals surface area contributed by atoms with E-state index in [0.29, 0.717) is 6.08 Å². The van der Waals surface area contributed by atoms with Crippen molar-refractivity contribution >= 4 is 0 Å². The maximum Gasteiger partial charge on any atom is 0.401 e. The van der Waals surface area contributed by atoms with Crippen LogP contribution in [-0.4, -0.2) is 6.18 Å². The van der Waals surface area contributed by atoms with Gasteiger partial charge in [0.05, 0.1) is 6.33 Å². The molecular formula is C9H8F4. The SMILES string of the molecule is FC=CC1(C(F)(F)F)C=CC=CC1. The fourth-order valence-corrected chi connectivity index (χ4v) is 1.18. The molecule has 0 aliphatic heterocycles. The van der Waals surface area contributed by atoms with Crippen LogP contribution in [0.25, 0.3) is 0 Å². The van der Waals surface area contributed by atoms with Crippen LogP contribution in [0, 0.1) is 5.41 Å². The van der Waals surface area contributed by atoms with Gasteiger partial charge in [0.15, 0.2) is 0 Å². The minimum Gasteiger partial charge on any atom is -0.216 e. The molecular weight excluding hydrogens is 184 g/mol. The van der Waals surface area contributed by atoms with Crippen LogP contribution in [0.1, 0.15) is 6.42 Å². The predicted octanol–water partition coefficient (Wildman–Crippen LogP) is 3.53. The molecule has 0 aromatic heterocycles. The predicted molar refractivity (Wildman–Crippen MR) is 41.6 cm³/mol. The third-order valence-corrected chi connectivity index (χ3v) is 1.98. The van der Waals surface area contributed by atoms with Crippen molar-refractivity contribution in [3.05, 3.63) is 36.7 Å². The standard InChI is InChI=1S/C9H8F4/c10-7-6-8(9(11,12)13)4-2-1-3-5-8/h1-4,6-7H,5H2. The van der Waals surface area contributed by atoms with Gasteiger partial charge in [0.25, 0.3) is 0 Å². The summed E-state index contributed by atoms with van der Waals surface area (Å²) in [6.07, 6.45) is 0.901. The molecule has 0 aromatic carbocycles. The van der Waals surface area contributed by atoms with Crippen LogP contribution in [0.3, 0.4) is 0 Å². The number of alkyl halides is 3. The summed E-state index contributed by atoms with van der Waals surface area (Å²) < 4.78 is 49.3. The highest BCUT2D eigenvalue weighted by Crippen LogP contribution is 2.45. The van der Waals surface area contributed by atoms with E-state index in [-0.39, 0.29) is 12.8 Å². The first kappa shape index (κ1) is 10.0. The number of allylic oxidation sites excluding steroid dienone is 5. The zero-order valence-electron chi connectivity index (χ0n) is 6.68. The van der Waals surface area contributed by atoms with E-state index in [2.05, 4.69) is 0 Å². The van der Waals surface area contributed by atoms with Crippen LogP contribution in [0.4, 0.5) is 17.6 Å². The molecule has 4 heteroatoms. The van der Waals surface area contributed by atoms with Gasteiger partial charge in [0.1, 0.15) is 5.41 Å². The number of hydrogen-bond acceptors (Lipinski definition) is 0. The Morgan fingerprint density at radius 1 is 1.23 bits per heavy atom. The van der Waals surface area contributed by atoms with E-state index in [0.717, 1.165) is 6.08 Å². The average molecular weight is 192 g/mol. The normalized spacial score (nSPS) is 28.6. The number of rotatable bonds is 1.